The van der Waals surface area contributed by atoms with Crippen LogP contribution in [0.15, 0.2) is 52.5 Å². The third kappa shape index (κ3) is 5.30. The van der Waals surface area contributed by atoms with Gasteiger partial charge in [0.25, 0.3) is 5.91 Å². The average Bonchev–Trinajstić information content (AvgIpc) is 2.67. The number of fused-ring (bicyclic) bond motifs is 1. The number of hydrogen-bond acceptors (Lipinski definition) is 5. The van der Waals surface area contributed by atoms with Crippen molar-refractivity contribution in [3.05, 3.63) is 53.8 Å². The van der Waals surface area contributed by atoms with Gasteiger partial charge in [0.05, 0.1) is 11.4 Å². The van der Waals surface area contributed by atoms with Gasteiger partial charge in [0.15, 0.2) is 6.61 Å². The van der Waals surface area contributed by atoms with Gasteiger partial charge in [0.2, 0.25) is 5.91 Å². The van der Waals surface area contributed by atoms with Crippen molar-refractivity contribution in [2.75, 3.05) is 17.7 Å². The fourth-order valence-electron chi connectivity index (χ4n) is 2.37. The minimum Gasteiger partial charge on any atom is -0.482 e. The molecule has 2 amide bonds. The zero-order valence-electron chi connectivity index (χ0n) is 14.6. The fraction of sp³-hybridized carbons (Fsp3) is 0.211. The van der Waals surface area contributed by atoms with E-state index in [1.807, 2.05) is 6.07 Å². The SMILES string of the molecule is C/C(=N/NC(=O)CCSc1ccc(F)cc1)c1ccc2c(c1)NC(=O)CO2. The Morgan fingerprint density at radius 2 is 2.07 bits per heavy atom. The van der Waals surface area contributed by atoms with E-state index < -0.39 is 0 Å². The molecule has 2 aromatic rings. The molecule has 0 fully saturated rings. The Morgan fingerprint density at radius 1 is 1.30 bits per heavy atom. The van der Waals surface area contributed by atoms with Crippen molar-refractivity contribution >= 4 is 35.0 Å². The standard InChI is InChI=1S/C19H18FN3O3S/c1-12(13-2-7-17-16(10-13)21-19(25)11-26-17)22-23-18(24)8-9-27-15-5-3-14(20)4-6-15/h2-7,10H,8-9,11H2,1H3,(H,21,25)(H,23,24)/b22-12-. The Hall–Kier alpha value is -2.87. The topological polar surface area (TPSA) is 79.8 Å². The van der Waals surface area contributed by atoms with Crippen molar-refractivity contribution in [3.8, 4) is 5.75 Å². The first-order valence-electron chi connectivity index (χ1n) is 8.30. The van der Waals surface area contributed by atoms with Crippen molar-refractivity contribution in [2.45, 2.75) is 18.2 Å². The van der Waals surface area contributed by atoms with E-state index >= 15 is 0 Å². The number of ether oxygens (including phenoxy) is 1. The van der Waals surface area contributed by atoms with Crippen molar-refractivity contribution in [2.24, 2.45) is 5.10 Å². The van der Waals surface area contributed by atoms with Gasteiger partial charge < -0.3 is 10.1 Å². The van der Waals surface area contributed by atoms with Crippen molar-refractivity contribution in [1.29, 1.82) is 0 Å². The maximum absolute atomic E-state index is 12.8. The number of rotatable bonds is 6. The molecule has 0 aromatic heterocycles. The highest BCUT2D eigenvalue weighted by atomic mass is 32.2. The van der Waals surface area contributed by atoms with Crippen LogP contribution in [0.5, 0.6) is 5.75 Å². The number of nitrogens with one attached hydrogen (secondary N) is 2. The Labute approximate surface area is 160 Å². The van der Waals surface area contributed by atoms with Crippen LogP contribution >= 0.6 is 11.8 Å². The summed E-state index contributed by atoms with van der Waals surface area (Å²) in [4.78, 5) is 24.2. The third-order valence-electron chi connectivity index (χ3n) is 3.79. The summed E-state index contributed by atoms with van der Waals surface area (Å²) in [6, 6.07) is 11.5. The molecule has 0 radical (unpaired) electrons. The molecular formula is C19H18FN3O3S. The quantitative estimate of drug-likeness (QED) is 0.453. The lowest BCUT2D eigenvalue weighted by molar-refractivity contribution is -0.120. The van der Waals surface area contributed by atoms with Crippen LogP contribution in [0.2, 0.25) is 0 Å². The smallest absolute Gasteiger partial charge is 0.262 e. The largest absolute Gasteiger partial charge is 0.482 e. The van der Waals surface area contributed by atoms with E-state index in [0.29, 0.717) is 22.9 Å². The lowest BCUT2D eigenvalue weighted by atomic mass is 10.1. The van der Waals surface area contributed by atoms with Gasteiger partial charge in [-0.2, -0.15) is 5.10 Å². The minimum atomic E-state index is -0.282. The lowest BCUT2D eigenvalue weighted by Gasteiger charge is -2.18. The summed E-state index contributed by atoms with van der Waals surface area (Å²) in [7, 11) is 0. The average molecular weight is 387 g/mol. The number of carbonyl (C=O) groups is 2. The number of benzene rings is 2. The molecule has 140 valence electrons. The van der Waals surface area contributed by atoms with E-state index in [-0.39, 0.29) is 30.7 Å². The van der Waals surface area contributed by atoms with Crippen LogP contribution in [0.4, 0.5) is 10.1 Å². The minimum absolute atomic E-state index is 0.00537. The number of nitrogens with zero attached hydrogens (tertiary/aromatic N) is 1. The zero-order valence-corrected chi connectivity index (χ0v) is 15.4. The molecule has 6 nitrogen and oxygen atoms in total. The van der Waals surface area contributed by atoms with Crippen LogP contribution in [0, 0.1) is 5.82 Å². The number of anilines is 1. The highest BCUT2D eigenvalue weighted by Crippen LogP contribution is 2.28. The maximum atomic E-state index is 12.8. The molecule has 1 aliphatic heterocycles. The predicted octanol–water partition coefficient (Wildman–Crippen LogP) is 3.18. The van der Waals surface area contributed by atoms with Gasteiger partial charge in [0.1, 0.15) is 11.6 Å². The molecule has 0 spiro atoms. The maximum Gasteiger partial charge on any atom is 0.262 e. The van der Waals surface area contributed by atoms with E-state index in [1.54, 1.807) is 31.2 Å². The molecule has 0 unspecified atom stereocenters. The Kier molecular flexibility index (Phi) is 6.08. The molecule has 0 saturated carbocycles. The Bertz CT molecular complexity index is 884. The fourth-order valence-corrected chi connectivity index (χ4v) is 3.22. The summed E-state index contributed by atoms with van der Waals surface area (Å²) in [5, 5.41) is 6.84. The first-order chi connectivity index (χ1) is 13.0. The summed E-state index contributed by atoms with van der Waals surface area (Å²) in [5.41, 5.74) is 4.48. The van der Waals surface area contributed by atoms with Gasteiger partial charge in [0, 0.05) is 17.1 Å². The second-order valence-corrected chi connectivity index (χ2v) is 7.00. The van der Waals surface area contributed by atoms with Gasteiger partial charge in [-0.05, 0) is 55.0 Å². The molecule has 1 heterocycles. The highest BCUT2D eigenvalue weighted by Gasteiger charge is 2.16. The molecule has 0 atom stereocenters. The van der Waals surface area contributed by atoms with Crippen molar-refractivity contribution in [1.82, 2.24) is 5.43 Å². The number of thioether (sulfide) groups is 1. The first kappa shape index (κ1) is 18.9. The van der Waals surface area contributed by atoms with Crippen LogP contribution in [-0.4, -0.2) is 29.9 Å². The van der Waals surface area contributed by atoms with E-state index in [1.165, 1.54) is 23.9 Å². The molecule has 8 heteroatoms. The van der Waals surface area contributed by atoms with Gasteiger partial charge in [-0.25, -0.2) is 9.82 Å². The number of hydrazone groups is 1. The molecule has 0 bridgehead atoms. The predicted molar refractivity (Wildman–Crippen MR) is 103 cm³/mol. The molecule has 27 heavy (non-hydrogen) atoms. The summed E-state index contributed by atoms with van der Waals surface area (Å²) in [5.74, 6) is 0.469. The van der Waals surface area contributed by atoms with Gasteiger partial charge in [-0.1, -0.05) is 0 Å². The molecule has 3 rings (SSSR count). The van der Waals surface area contributed by atoms with Gasteiger partial charge in [-0.3, -0.25) is 9.59 Å². The van der Waals surface area contributed by atoms with Crippen LogP contribution in [0.1, 0.15) is 18.9 Å². The molecule has 0 aliphatic carbocycles. The Balaban J connectivity index is 1.51. The highest BCUT2D eigenvalue weighted by molar-refractivity contribution is 7.99. The van der Waals surface area contributed by atoms with Crippen LogP contribution in [0.25, 0.3) is 0 Å². The summed E-state index contributed by atoms with van der Waals surface area (Å²) in [6.45, 7) is 1.77. The van der Waals surface area contributed by atoms with E-state index in [9.17, 15) is 14.0 Å². The molecule has 2 N–H and O–H groups in total. The van der Waals surface area contributed by atoms with Crippen LogP contribution in [0.3, 0.4) is 0 Å². The number of amides is 2. The Morgan fingerprint density at radius 3 is 2.85 bits per heavy atom. The summed E-state index contributed by atoms with van der Waals surface area (Å²) >= 11 is 1.47. The van der Waals surface area contributed by atoms with Gasteiger partial charge in [-0.15, -0.1) is 11.8 Å². The number of carbonyl (C=O) groups excluding carboxylic acids is 2. The molecule has 1 aliphatic rings. The van der Waals surface area contributed by atoms with E-state index in [4.69, 9.17) is 4.74 Å². The number of halogens is 1. The third-order valence-corrected chi connectivity index (χ3v) is 4.80. The second kappa shape index (κ2) is 8.68. The summed E-state index contributed by atoms with van der Waals surface area (Å²) in [6.07, 6.45) is 0.285. The second-order valence-electron chi connectivity index (χ2n) is 5.83. The van der Waals surface area contributed by atoms with E-state index in [0.717, 1.165) is 10.5 Å². The first-order valence-corrected chi connectivity index (χ1v) is 9.28. The molecule has 0 saturated heterocycles. The monoisotopic (exact) mass is 387 g/mol. The van der Waals surface area contributed by atoms with Crippen LogP contribution in [-0.2, 0) is 9.59 Å². The number of hydrogen-bond donors (Lipinski definition) is 2. The van der Waals surface area contributed by atoms with Crippen molar-refractivity contribution in [3.63, 3.8) is 0 Å². The molecular weight excluding hydrogens is 369 g/mol. The van der Waals surface area contributed by atoms with Gasteiger partial charge >= 0.3 is 0 Å². The van der Waals surface area contributed by atoms with E-state index in [2.05, 4.69) is 15.8 Å². The normalized spacial score (nSPS) is 13.4. The lowest BCUT2D eigenvalue weighted by Crippen LogP contribution is -2.25. The zero-order chi connectivity index (χ0) is 19.2. The van der Waals surface area contributed by atoms with Crippen molar-refractivity contribution < 1.29 is 18.7 Å². The molecule has 2 aromatic carbocycles. The summed E-state index contributed by atoms with van der Waals surface area (Å²) < 4.78 is 18.2. The van der Waals surface area contributed by atoms with Crippen LogP contribution < -0.4 is 15.5 Å².